The maximum Gasteiger partial charge on any atom is 0.408 e. The van der Waals surface area contributed by atoms with Crippen LogP contribution in [0.15, 0.2) is 54.6 Å². The molecule has 0 unspecified atom stereocenters. The third kappa shape index (κ3) is 8.22. The first-order valence-electron chi connectivity index (χ1n) is 9.39. The van der Waals surface area contributed by atoms with Gasteiger partial charge in [0, 0.05) is 13.0 Å². The van der Waals surface area contributed by atoms with Crippen LogP contribution >= 0.6 is 0 Å². The summed E-state index contributed by atoms with van der Waals surface area (Å²) in [7, 11) is 3.97. The standard InChI is InChI=1S/C22H28N3O3/c1-25(2)15-9-14-23-21(26)20(16-18-10-5-3-6-11-18)24-22(27)28-17-19-12-7-4-8-13-19/h4-8,10-13,20H,9,14-17H2,1-2H3,(H,23,26)(H,24,27)/t20-/m0/s1. The molecule has 0 aliphatic carbocycles. The van der Waals surface area contributed by atoms with Gasteiger partial charge in [0.1, 0.15) is 12.6 Å². The number of ether oxygens (including phenoxy) is 1. The van der Waals surface area contributed by atoms with E-state index in [1.807, 2.05) is 56.6 Å². The van der Waals surface area contributed by atoms with Crippen molar-refractivity contribution in [2.45, 2.75) is 25.5 Å². The Morgan fingerprint density at radius 2 is 1.79 bits per heavy atom. The van der Waals surface area contributed by atoms with Crippen LogP contribution in [0.1, 0.15) is 17.5 Å². The Balaban J connectivity index is 1.90. The molecule has 0 saturated heterocycles. The predicted octanol–water partition coefficient (Wildman–Crippen LogP) is 2.39. The number of alkyl carbamates (subject to hydrolysis) is 1. The van der Waals surface area contributed by atoms with Crippen molar-refractivity contribution in [3.63, 3.8) is 0 Å². The lowest BCUT2D eigenvalue weighted by atomic mass is 10.1. The van der Waals surface area contributed by atoms with Gasteiger partial charge >= 0.3 is 6.09 Å². The van der Waals surface area contributed by atoms with Crippen molar-refractivity contribution in [1.29, 1.82) is 0 Å². The maximum atomic E-state index is 12.6. The Bertz CT molecular complexity index is 720. The molecular weight excluding hydrogens is 354 g/mol. The molecule has 2 aromatic rings. The molecule has 0 spiro atoms. The number of hydrogen-bond donors (Lipinski definition) is 2. The molecule has 0 aliphatic rings. The molecule has 6 heteroatoms. The van der Waals surface area contributed by atoms with Crippen LogP contribution in [0.25, 0.3) is 0 Å². The minimum Gasteiger partial charge on any atom is -0.445 e. The molecule has 2 amide bonds. The average molecular weight is 382 g/mol. The first-order chi connectivity index (χ1) is 13.5. The monoisotopic (exact) mass is 382 g/mol. The Morgan fingerprint density at radius 3 is 2.46 bits per heavy atom. The SMILES string of the molecule is CN(C)CCCNC(=O)[C@H](Cc1cc[c]cc1)NC(=O)OCc1ccccc1. The second-order valence-electron chi connectivity index (χ2n) is 6.82. The summed E-state index contributed by atoms with van der Waals surface area (Å²) < 4.78 is 5.26. The van der Waals surface area contributed by atoms with Gasteiger partial charge in [0.25, 0.3) is 0 Å². The molecule has 0 saturated carbocycles. The van der Waals surface area contributed by atoms with E-state index < -0.39 is 12.1 Å². The number of carbonyl (C=O) groups is 2. The molecule has 2 N–H and O–H groups in total. The van der Waals surface area contributed by atoms with Crippen LogP contribution in [0.4, 0.5) is 4.79 Å². The predicted molar refractivity (Wildman–Crippen MR) is 109 cm³/mol. The summed E-state index contributed by atoms with van der Waals surface area (Å²) in [6, 6.07) is 19.0. The number of hydrogen-bond acceptors (Lipinski definition) is 4. The zero-order valence-corrected chi connectivity index (χ0v) is 16.5. The van der Waals surface area contributed by atoms with Crippen LogP contribution in [-0.4, -0.2) is 50.1 Å². The zero-order valence-electron chi connectivity index (χ0n) is 16.5. The van der Waals surface area contributed by atoms with E-state index in [1.54, 1.807) is 12.1 Å². The fourth-order valence-electron chi connectivity index (χ4n) is 2.64. The van der Waals surface area contributed by atoms with E-state index in [1.165, 1.54) is 0 Å². The van der Waals surface area contributed by atoms with Crippen LogP contribution in [0, 0.1) is 6.07 Å². The van der Waals surface area contributed by atoms with E-state index in [4.69, 9.17) is 4.74 Å². The molecule has 0 heterocycles. The highest BCUT2D eigenvalue weighted by atomic mass is 16.5. The first kappa shape index (κ1) is 21.4. The summed E-state index contributed by atoms with van der Waals surface area (Å²) >= 11 is 0. The van der Waals surface area contributed by atoms with Crippen molar-refractivity contribution in [2.24, 2.45) is 0 Å². The molecular formula is C22H28N3O3. The van der Waals surface area contributed by atoms with E-state index in [0.717, 1.165) is 24.1 Å². The third-order valence-corrected chi connectivity index (χ3v) is 4.13. The molecule has 0 aromatic heterocycles. The summed E-state index contributed by atoms with van der Waals surface area (Å²) in [4.78, 5) is 26.9. The minimum atomic E-state index is -0.704. The third-order valence-electron chi connectivity index (χ3n) is 4.13. The zero-order chi connectivity index (χ0) is 20.2. The van der Waals surface area contributed by atoms with Gasteiger partial charge in [-0.2, -0.15) is 0 Å². The van der Waals surface area contributed by atoms with E-state index in [-0.39, 0.29) is 12.5 Å². The van der Waals surface area contributed by atoms with Crippen LogP contribution in [-0.2, 0) is 22.6 Å². The lowest BCUT2D eigenvalue weighted by Crippen LogP contribution is -2.48. The van der Waals surface area contributed by atoms with Crippen LogP contribution in [0.5, 0.6) is 0 Å². The second kappa shape index (κ2) is 11.8. The topological polar surface area (TPSA) is 70.7 Å². The molecule has 0 bridgehead atoms. The van der Waals surface area contributed by atoms with Crippen molar-refractivity contribution in [3.05, 3.63) is 71.8 Å². The van der Waals surface area contributed by atoms with Crippen LogP contribution in [0.3, 0.4) is 0 Å². The Kier molecular flexibility index (Phi) is 9.01. The number of nitrogens with zero attached hydrogens (tertiary/aromatic N) is 1. The van der Waals surface area contributed by atoms with Crippen molar-refractivity contribution in [3.8, 4) is 0 Å². The summed E-state index contributed by atoms with van der Waals surface area (Å²) in [5, 5.41) is 5.59. The molecule has 2 aromatic carbocycles. The summed E-state index contributed by atoms with van der Waals surface area (Å²) in [5.74, 6) is -0.219. The van der Waals surface area contributed by atoms with E-state index in [2.05, 4.69) is 21.6 Å². The van der Waals surface area contributed by atoms with Gasteiger partial charge in [0.15, 0.2) is 0 Å². The number of amides is 2. The van der Waals surface area contributed by atoms with Crippen molar-refractivity contribution in [2.75, 3.05) is 27.2 Å². The van der Waals surface area contributed by atoms with Crippen molar-refractivity contribution >= 4 is 12.0 Å². The van der Waals surface area contributed by atoms with Crippen LogP contribution < -0.4 is 10.6 Å². The van der Waals surface area contributed by atoms with Crippen LogP contribution in [0.2, 0.25) is 0 Å². The smallest absolute Gasteiger partial charge is 0.408 e. The highest BCUT2D eigenvalue weighted by Crippen LogP contribution is 2.05. The van der Waals surface area contributed by atoms with Gasteiger partial charge < -0.3 is 20.3 Å². The van der Waals surface area contributed by atoms with Gasteiger partial charge in [-0.1, -0.05) is 54.6 Å². The molecule has 2 rings (SSSR count). The van der Waals surface area contributed by atoms with Gasteiger partial charge in [-0.25, -0.2) is 4.79 Å². The van der Waals surface area contributed by atoms with Gasteiger partial charge in [-0.15, -0.1) is 0 Å². The molecule has 28 heavy (non-hydrogen) atoms. The van der Waals surface area contributed by atoms with Gasteiger partial charge in [-0.3, -0.25) is 4.79 Å². The molecule has 1 atom stereocenters. The maximum absolute atomic E-state index is 12.6. The average Bonchev–Trinajstić information content (AvgIpc) is 2.70. The molecule has 6 nitrogen and oxygen atoms in total. The fourth-order valence-corrected chi connectivity index (χ4v) is 2.64. The highest BCUT2D eigenvalue weighted by molar-refractivity contribution is 5.85. The number of carbonyl (C=O) groups excluding carboxylic acids is 2. The van der Waals surface area contributed by atoms with Crippen molar-refractivity contribution in [1.82, 2.24) is 15.5 Å². The number of benzene rings is 2. The molecule has 149 valence electrons. The van der Waals surface area contributed by atoms with Crippen molar-refractivity contribution < 1.29 is 14.3 Å². The minimum absolute atomic E-state index is 0.157. The summed E-state index contributed by atoms with van der Waals surface area (Å²) in [6.45, 7) is 1.59. The normalized spacial score (nSPS) is 11.7. The highest BCUT2D eigenvalue weighted by Gasteiger charge is 2.21. The second-order valence-corrected chi connectivity index (χ2v) is 6.82. The van der Waals surface area contributed by atoms with Gasteiger partial charge in [0.2, 0.25) is 5.91 Å². The van der Waals surface area contributed by atoms with E-state index in [0.29, 0.717) is 13.0 Å². The largest absolute Gasteiger partial charge is 0.445 e. The lowest BCUT2D eigenvalue weighted by Gasteiger charge is -2.19. The Labute approximate surface area is 166 Å². The molecule has 0 fully saturated rings. The van der Waals surface area contributed by atoms with Gasteiger partial charge in [0.05, 0.1) is 0 Å². The fraction of sp³-hybridized carbons (Fsp3) is 0.364. The number of nitrogens with one attached hydrogen (secondary N) is 2. The number of rotatable bonds is 10. The first-order valence-corrected chi connectivity index (χ1v) is 9.39. The Hall–Kier alpha value is -2.86. The molecule has 1 radical (unpaired) electrons. The quantitative estimate of drug-likeness (QED) is 0.619. The Morgan fingerprint density at radius 1 is 1.07 bits per heavy atom. The summed E-state index contributed by atoms with van der Waals surface area (Å²) in [5.41, 5.74) is 1.83. The van der Waals surface area contributed by atoms with E-state index >= 15 is 0 Å². The lowest BCUT2D eigenvalue weighted by molar-refractivity contribution is -0.123. The van der Waals surface area contributed by atoms with Gasteiger partial charge in [-0.05, 0) is 44.3 Å². The van der Waals surface area contributed by atoms with E-state index in [9.17, 15) is 9.59 Å². The summed E-state index contributed by atoms with van der Waals surface area (Å²) in [6.07, 6.45) is 0.610. The molecule has 0 aliphatic heterocycles.